The van der Waals surface area contributed by atoms with Gasteiger partial charge in [0.2, 0.25) is 0 Å². The lowest BCUT2D eigenvalue weighted by Crippen LogP contribution is -2.24. The molecule has 0 saturated carbocycles. The summed E-state index contributed by atoms with van der Waals surface area (Å²) in [7, 11) is 1.89. The van der Waals surface area contributed by atoms with Crippen LogP contribution in [0.15, 0.2) is 37.3 Å². The van der Waals surface area contributed by atoms with Gasteiger partial charge in [-0.05, 0) is 13.1 Å². The van der Waals surface area contributed by atoms with E-state index in [0.717, 1.165) is 17.9 Å². The predicted octanol–water partition coefficient (Wildman–Crippen LogP) is 1.70. The normalized spacial score (nSPS) is 8.55. The maximum atomic E-state index is 3.80. The number of nitrogens with one attached hydrogen (secondary N) is 1. The lowest BCUT2D eigenvalue weighted by Gasteiger charge is -2.17. The first-order valence-corrected chi connectivity index (χ1v) is 3.50. The molecule has 11 heavy (non-hydrogen) atoms. The van der Waals surface area contributed by atoms with E-state index < -0.39 is 0 Å². The fourth-order valence-corrected chi connectivity index (χ4v) is 0.488. The summed E-state index contributed by atoms with van der Waals surface area (Å²) in [5.41, 5.74) is 1.09. The molecule has 0 saturated heterocycles. The topological polar surface area (TPSA) is 15.3 Å². The summed E-state index contributed by atoms with van der Waals surface area (Å²) in [6, 6.07) is 0. The highest BCUT2D eigenvalue weighted by Gasteiger charge is 1.94. The van der Waals surface area contributed by atoms with Crippen molar-refractivity contribution in [1.29, 1.82) is 0 Å². The molecule has 1 N–H and O–H groups in total. The van der Waals surface area contributed by atoms with Crippen LogP contribution < -0.4 is 5.32 Å². The Balaban J connectivity index is 3.69. The molecule has 0 radical (unpaired) electrons. The van der Waals surface area contributed by atoms with Crippen molar-refractivity contribution in [2.24, 2.45) is 0 Å². The smallest absolute Gasteiger partial charge is 0.0978 e. The molecule has 0 aliphatic carbocycles. The molecule has 0 rings (SSSR count). The first-order chi connectivity index (χ1) is 5.07. The van der Waals surface area contributed by atoms with E-state index in [1.54, 1.807) is 6.20 Å². The van der Waals surface area contributed by atoms with Gasteiger partial charge in [-0.1, -0.05) is 25.3 Å². The summed E-state index contributed by atoms with van der Waals surface area (Å²) in [6.45, 7) is 13.9. The first kappa shape index (κ1) is 9.82. The molecule has 0 aliphatic rings. The molecule has 0 spiro atoms. The van der Waals surface area contributed by atoms with E-state index in [4.69, 9.17) is 0 Å². The highest BCUT2D eigenvalue weighted by Crippen LogP contribution is 1.94. The fourth-order valence-electron chi connectivity index (χ4n) is 0.488. The zero-order chi connectivity index (χ0) is 8.85. The molecule has 2 nitrogen and oxygen atoms in total. The number of rotatable bonds is 5. The summed E-state index contributed by atoms with van der Waals surface area (Å²) in [5.74, 6) is 0.836. The van der Waals surface area contributed by atoms with E-state index >= 15 is 0 Å². The van der Waals surface area contributed by atoms with Crippen LogP contribution in [0, 0.1) is 0 Å². The van der Waals surface area contributed by atoms with Gasteiger partial charge in [-0.2, -0.15) is 0 Å². The first-order valence-electron chi connectivity index (χ1n) is 3.50. The monoisotopic (exact) mass is 152 g/mol. The molecule has 2 heteroatoms. The minimum Gasteiger partial charge on any atom is -0.368 e. The van der Waals surface area contributed by atoms with Crippen LogP contribution in [-0.2, 0) is 0 Å². The van der Waals surface area contributed by atoms with Crippen molar-refractivity contribution in [2.45, 2.75) is 6.92 Å². The minimum atomic E-state index is 0.761. The molecule has 62 valence electrons. The van der Waals surface area contributed by atoms with Gasteiger partial charge in [0.15, 0.2) is 0 Å². The maximum absolute atomic E-state index is 3.80. The third-order valence-electron chi connectivity index (χ3n) is 1.29. The zero-order valence-electron chi connectivity index (χ0n) is 7.35. The van der Waals surface area contributed by atoms with Crippen LogP contribution in [0.1, 0.15) is 6.92 Å². The molecular weight excluding hydrogens is 136 g/mol. The van der Waals surface area contributed by atoms with E-state index in [1.807, 2.05) is 18.9 Å². The Bertz CT molecular complexity index is 170. The maximum Gasteiger partial charge on any atom is 0.0978 e. The molecule has 0 aliphatic heterocycles. The van der Waals surface area contributed by atoms with Crippen molar-refractivity contribution in [3.05, 3.63) is 37.3 Å². The minimum absolute atomic E-state index is 0.761. The van der Waals surface area contributed by atoms with Crippen LogP contribution in [0.5, 0.6) is 0 Å². The number of hydrogen-bond acceptors (Lipinski definition) is 2. The second kappa shape index (κ2) is 4.61. The molecule has 0 unspecified atom stereocenters. The zero-order valence-corrected chi connectivity index (χ0v) is 7.35. The molecule has 0 fully saturated rings. The second-order valence-corrected chi connectivity index (χ2v) is 2.55. The van der Waals surface area contributed by atoms with Gasteiger partial charge >= 0.3 is 0 Å². The van der Waals surface area contributed by atoms with Crippen molar-refractivity contribution in [1.82, 2.24) is 10.2 Å². The van der Waals surface area contributed by atoms with E-state index in [2.05, 4.69) is 25.1 Å². The Hall–Kier alpha value is -1.18. The summed E-state index contributed by atoms with van der Waals surface area (Å²) >= 11 is 0. The lowest BCUT2D eigenvalue weighted by molar-refractivity contribution is 0.518. The van der Waals surface area contributed by atoms with Crippen LogP contribution in [0.4, 0.5) is 0 Å². The third kappa shape index (κ3) is 4.25. The SMILES string of the molecule is C=CN(C)C(=C)NCC(=C)C. The van der Waals surface area contributed by atoms with Gasteiger partial charge in [0.25, 0.3) is 0 Å². The molecule has 0 amide bonds. The van der Waals surface area contributed by atoms with Crippen LogP contribution in [-0.4, -0.2) is 18.5 Å². The Labute approximate surface area is 68.9 Å². The number of nitrogens with zero attached hydrogens (tertiary/aromatic N) is 1. The number of hydrogen-bond donors (Lipinski definition) is 1. The predicted molar refractivity (Wildman–Crippen MR) is 49.9 cm³/mol. The average Bonchev–Trinajstić information content (AvgIpc) is 1.98. The van der Waals surface area contributed by atoms with Gasteiger partial charge in [0, 0.05) is 13.6 Å². The average molecular weight is 152 g/mol. The van der Waals surface area contributed by atoms with E-state index in [1.165, 1.54) is 0 Å². The standard InChI is InChI=1S/C9H16N2/c1-6-11(5)9(4)10-7-8(2)3/h6,10H,1-2,4,7H2,3,5H3. The van der Waals surface area contributed by atoms with Gasteiger partial charge in [-0.15, -0.1) is 0 Å². The van der Waals surface area contributed by atoms with Crippen molar-refractivity contribution in [2.75, 3.05) is 13.6 Å². The van der Waals surface area contributed by atoms with Crippen molar-refractivity contribution in [3.63, 3.8) is 0 Å². The van der Waals surface area contributed by atoms with Gasteiger partial charge in [-0.25, -0.2) is 0 Å². The van der Waals surface area contributed by atoms with E-state index in [-0.39, 0.29) is 0 Å². The fraction of sp³-hybridized carbons (Fsp3) is 0.333. The molecule has 0 atom stereocenters. The molecule has 0 bridgehead atoms. The Morgan fingerprint density at radius 2 is 2.09 bits per heavy atom. The summed E-state index contributed by atoms with van der Waals surface area (Å²) in [4.78, 5) is 1.82. The van der Waals surface area contributed by atoms with E-state index in [9.17, 15) is 0 Å². The van der Waals surface area contributed by atoms with Gasteiger partial charge in [0.05, 0.1) is 5.82 Å². The summed E-state index contributed by atoms with van der Waals surface area (Å²) in [6.07, 6.45) is 1.70. The quantitative estimate of drug-likeness (QED) is 0.603. The Morgan fingerprint density at radius 3 is 2.45 bits per heavy atom. The van der Waals surface area contributed by atoms with Crippen LogP contribution in [0.25, 0.3) is 0 Å². The lowest BCUT2D eigenvalue weighted by atomic mass is 10.3. The second-order valence-electron chi connectivity index (χ2n) is 2.55. The highest BCUT2D eigenvalue weighted by molar-refractivity contribution is 5.00. The molecule has 0 aromatic heterocycles. The Morgan fingerprint density at radius 1 is 1.55 bits per heavy atom. The van der Waals surface area contributed by atoms with Gasteiger partial charge < -0.3 is 10.2 Å². The third-order valence-corrected chi connectivity index (χ3v) is 1.29. The van der Waals surface area contributed by atoms with E-state index in [0.29, 0.717) is 0 Å². The van der Waals surface area contributed by atoms with Crippen molar-refractivity contribution < 1.29 is 0 Å². The largest absolute Gasteiger partial charge is 0.368 e. The van der Waals surface area contributed by atoms with Crippen LogP contribution in [0.2, 0.25) is 0 Å². The van der Waals surface area contributed by atoms with Crippen molar-refractivity contribution in [3.8, 4) is 0 Å². The summed E-state index contributed by atoms with van der Waals surface area (Å²) in [5, 5.41) is 3.09. The Kier molecular flexibility index (Phi) is 4.11. The molecule has 0 aromatic rings. The van der Waals surface area contributed by atoms with Gasteiger partial charge in [0.1, 0.15) is 0 Å². The van der Waals surface area contributed by atoms with Crippen LogP contribution >= 0.6 is 0 Å². The molecular formula is C9H16N2. The van der Waals surface area contributed by atoms with Gasteiger partial charge in [-0.3, -0.25) is 0 Å². The molecule has 0 aromatic carbocycles. The van der Waals surface area contributed by atoms with Crippen LogP contribution in [0.3, 0.4) is 0 Å². The summed E-state index contributed by atoms with van der Waals surface area (Å²) < 4.78 is 0. The highest BCUT2D eigenvalue weighted by atomic mass is 15.2. The molecule has 0 heterocycles. The van der Waals surface area contributed by atoms with Crippen molar-refractivity contribution >= 4 is 0 Å².